The minimum Gasteiger partial charge on any atom is -0.475 e. The zero-order chi connectivity index (χ0) is 18.7. The predicted molar refractivity (Wildman–Crippen MR) is 98.2 cm³/mol. The van der Waals surface area contributed by atoms with Crippen LogP contribution in [0.15, 0.2) is 59.0 Å². The van der Waals surface area contributed by atoms with Gasteiger partial charge in [0.15, 0.2) is 0 Å². The number of hydrogen-bond donors (Lipinski definition) is 2. The predicted octanol–water partition coefficient (Wildman–Crippen LogP) is 4.19. The Labute approximate surface area is 151 Å². The summed E-state index contributed by atoms with van der Waals surface area (Å²) in [4.78, 5) is 23.2. The van der Waals surface area contributed by atoms with Gasteiger partial charge in [-0.15, -0.1) is 0 Å². The van der Waals surface area contributed by atoms with E-state index >= 15 is 0 Å². The van der Waals surface area contributed by atoms with Crippen LogP contribution in [0.5, 0.6) is 0 Å². The second kappa shape index (κ2) is 7.27. The summed E-state index contributed by atoms with van der Waals surface area (Å²) < 4.78 is 5.32. The number of nitrogens with one attached hydrogen (secondary N) is 1. The van der Waals surface area contributed by atoms with Crippen molar-refractivity contribution in [3.8, 4) is 11.3 Å². The van der Waals surface area contributed by atoms with Gasteiger partial charge in [-0.1, -0.05) is 24.3 Å². The van der Waals surface area contributed by atoms with Crippen molar-refractivity contribution in [1.29, 1.82) is 0 Å². The lowest BCUT2D eigenvalue weighted by molar-refractivity contribution is 0.0663. The first kappa shape index (κ1) is 17.5. The molecule has 2 aromatic carbocycles. The molecular weight excluding hydrogens is 330 g/mol. The molecule has 0 spiro atoms. The van der Waals surface area contributed by atoms with Crippen molar-refractivity contribution >= 4 is 11.9 Å². The molecule has 0 unspecified atom stereocenters. The van der Waals surface area contributed by atoms with Crippen molar-refractivity contribution in [3.05, 3.63) is 82.6 Å². The summed E-state index contributed by atoms with van der Waals surface area (Å²) in [6.45, 7) is 4.35. The second-order valence-electron chi connectivity index (χ2n) is 6.15. The molecule has 1 amide bonds. The van der Waals surface area contributed by atoms with Crippen LogP contribution in [0, 0.1) is 13.8 Å². The molecule has 1 aromatic heterocycles. The van der Waals surface area contributed by atoms with Crippen molar-refractivity contribution in [2.24, 2.45) is 0 Å². The van der Waals surface area contributed by atoms with E-state index in [9.17, 15) is 9.59 Å². The van der Waals surface area contributed by atoms with Crippen LogP contribution >= 0.6 is 0 Å². The van der Waals surface area contributed by atoms with Crippen molar-refractivity contribution in [2.75, 3.05) is 0 Å². The van der Waals surface area contributed by atoms with Gasteiger partial charge in [-0.25, -0.2) is 4.79 Å². The monoisotopic (exact) mass is 349 g/mol. The van der Waals surface area contributed by atoms with Gasteiger partial charge in [-0.3, -0.25) is 4.79 Å². The first-order valence-electron chi connectivity index (χ1n) is 8.22. The molecule has 0 aliphatic heterocycles. The van der Waals surface area contributed by atoms with Gasteiger partial charge in [-0.2, -0.15) is 0 Å². The number of amides is 1. The second-order valence-corrected chi connectivity index (χ2v) is 6.15. The van der Waals surface area contributed by atoms with E-state index in [0.717, 1.165) is 22.3 Å². The van der Waals surface area contributed by atoms with Gasteiger partial charge < -0.3 is 14.8 Å². The molecule has 0 radical (unpaired) electrons. The third kappa shape index (κ3) is 3.83. The van der Waals surface area contributed by atoms with Crippen LogP contribution in [0.2, 0.25) is 0 Å². The van der Waals surface area contributed by atoms with Crippen LogP contribution in [-0.4, -0.2) is 17.0 Å². The van der Waals surface area contributed by atoms with Crippen LogP contribution in [0.1, 0.15) is 37.6 Å². The summed E-state index contributed by atoms with van der Waals surface area (Å²) in [6, 6.07) is 16.1. The third-order valence-electron chi connectivity index (χ3n) is 4.25. The molecule has 3 aromatic rings. The molecule has 2 N–H and O–H groups in total. The minimum atomic E-state index is -1.10. The van der Waals surface area contributed by atoms with E-state index < -0.39 is 5.97 Å². The number of carbonyl (C=O) groups is 2. The van der Waals surface area contributed by atoms with E-state index in [1.165, 1.54) is 6.07 Å². The molecule has 3 rings (SSSR count). The lowest BCUT2D eigenvalue weighted by Crippen LogP contribution is -2.22. The SMILES string of the molecule is Cc1ccc(C(=O)NCc2cccc(-c3ccc(C(=O)O)o3)c2)cc1C. The largest absolute Gasteiger partial charge is 0.475 e. The lowest BCUT2D eigenvalue weighted by atomic mass is 10.1. The fraction of sp³-hybridized carbons (Fsp3) is 0.143. The summed E-state index contributed by atoms with van der Waals surface area (Å²) in [7, 11) is 0. The lowest BCUT2D eigenvalue weighted by Gasteiger charge is -2.08. The van der Waals surface area contributed by atoms with Crippen LogP contribution in [0.3, 0.4) is 0 Å². The number of furan rings is 1. The van der Waals surface area contributed by atoms with Gasteiger partial charge in [0.05, 0.1) is 0 Å². The number of carboxylic acid groups (broad SMARTS) is 1. The highest BCUT2D eigenvalue weighted by Crippen LogP contribution is 2.23. The molecular formula is C21H19NO4. The van der Waals surface area contributed by atoms with Crippen LogP contribution in [0.4, 0.5) is 0 Å². The molecule has 26 heavy (non-hydrogen) atoms. The summed E-state index contributed by atoms with van der Waals surface area (Å²) in [6.07, 6.45) is 0. The average Bonchev–Trinajstić information content (AvgIpc) is 3.13. The summed E-state index contributed by atoms with van der Waals surface area (Å²) in [5.74, 6) is -0.865. The van der Waals surface area contributed by atoms with Gasteiger partial charge in [0.25, 0.3) is 5.91 Å². The van der Waals surface area contributed by atoms with Crippen LogP contribution < -0.4 is 5.32 Å². The Morgan fingerprint density at radius 2 is 1.81 bits per heavy atom. The molecule has 0 atom stereocenters. The number of aryl methyl sites for hydroxylation is 2. The number of carboxylic acids is 1. The summed E-state index contributed by atoms with van der Waals surface area (Å²) >= 11 is 0. The molecule has 0 fully saturated rings. The normalized spacial score (nSPS) is 10.5. The molecule has 5 heteroatoms. The quantitative estimate of drug-likeness (QED) is 0.724. The fourth-order valence-electron chi connectivity index (χ4n) is 2.61. The highest BCUT2D eigenvalue weighted by atomic mass is 16.4. The van der Waals surface area contributed by atoms with Crippen LogP contribution in [-0.2, 0) is 6.54 Å². The zero-order valence-electron chi connectivity index (χ0n) is 14.6. The number of rotatable bonds is 5. The van der Waals surface area contributed by atoms with E-state index in [1.807, 2.05) is 56.3 Å². The van der Waals surface area contributed by atoms with E-state index in [-0.39, 0.29) is 11.7 Å². The topological polar surface area (TPSA) is 79.5 Å². The van der Waals surface area contributed by atoms with E-state index in [4.69, 9.17) is 9.52 Å². The van der Waals surface area contributed by atoms with E-state index in [2.05, 4.69) is 5.32 Å². The maximum Gasteiger partial charge on any atom is 0.371 e. The number of hydrogen-bond acceptors (Lipinski definition) is 3. The minimum absolute atomic E-state index is 0.103. The molecule has 0 aliphatic rings. The molecule has 0 saturated carbocycles. The highest BCUT2D eigenvalue weighted by molar-refractivity contribution is 5.94. The maximum atomic E-state index is 12.3. The Bertz CT molecular complexity index is 972. The molecule has 1 heterocycles. The fourth-order valence-corrected chi connectivity index (χ4v) is 2.61. The summed E-state index contributed by atoms with van der Waals surface area (Å²) in [5.41, 5.74) is 4.50. The zero-order valence-corrected chi connectivity index (χ0v) is 14.6. The van der Waals surface area contributed by atoms with E-state index in [0.29, 0.717) is 17.9 Å². The number of carbonyl (C=O) groups excluding carboxylic acids is 1. The molecule has 132 valence electrons. The maximum absolute atomic E-state index is 12.3. The van der Waals surface area contributed by atoms with Gasteiger partial charge >= 0.3 is 5.97 Å². The molecule has 0 bridgehead atoms. The Morgan fingerprint density at radius 3 is 2.50 bits per heavy atom. The van der Waals surface area contributed by atoms with Crippen molar-refractivity contribution in [1.82, 2.24) is 5.32 Å². The van der Waals surface area contributed by atoms with Crippen molar-refractivity contribution in [2.45, 2.75) is 20.4 Å². The van der Waals surface area contributed by atoms with Gasteiger partial charge in [0, 0.05) is 17.7 Å². The van der Waals surface area contributed by atoms with Crippen LogP contribution in [0.25, 0.3) is 11.3 Å². The standard InChI is InChI=1S/C21H19NO4/c1-13-6-7-17(10-14(13)2)20(23)22-12-15-4-3-5-16(11-15)18-8-9-19(26-18)21(24)25/h3-11H,12H2,1-2H3,(H,22,23)(H,24,25). The van der Waals surface area contributed by atoms with Crippen molar-refractivity contribution < 1.29 is 19.1 Å². The van der Waals surface area contributed by atoms with Crippen molar-refractivity contribution in [3.63, 3.8) is 0 Å². The van der Waals surface area contributed by atoms with Gasteiger partial charge in [-0.05, 0) is 60.9 Å². The molecule has 0 saturated heterocycles. The summed E-state index contributed by atoms with van der Waals surface area (Å²) in [5, 5.41) is 11.8. The number of aromatic carboxylic acids is 1. The molecule has 0 aliphatic carbocycles. The van der Waals surface area contributed by atoms with Gasteiger partial charge in [0.2, 0.25) is 5.76 Å². The molecule has 5 nitrogen and oxygen atoms in total. The first-order chi connectivity index (χ1) is 12.4. The average molecular weight is 349 g/mol. The Morgan fingerprint density at radius 1 is 1.00 bits per heavy atom. The Hall–Kier alpha value is -3.34. The Balaban J connectivity index is 1.71. The Kier molecular flexibility index (Phi) is 4.89. The highest BCUT2D eigenvalue weighted by Gasteiger charge is 2.11. The third-order valence-corrected chi connectivity index (χ3v) is 4.25. The van der Waals surface area contributed by atoms with Gasteiger partial charge in [0.1, 0.15) is 5.76 Å². The number of benzene rings is 2. The van der Waals surface area contributed by atoms with E-state index in [1.54, 1.807) is 6.07 Å². The smallest absolute Gasteiger partial charge is 0.371 e. The first-order valence-corrected chi connectivity index (χ1v) is 8.22.